The molecule has 35 heavy (non-hydrogen) atoms. The van der Waals surface area contributed by atoms with Gasteiger partial charge in [-0.1, -0.05) is 12.8 Å². The number of rotatable bonds is 7. The van der Waals surface area contributed by atoms with Crippen LogP contribution in [0.1, 0.15) is 44.6 Å². The zero-order valence-electron chi connectivity index (χ0n) is 20.2. The molecular formula is C25H31N7O3. The largest absolute Gasteiger partial charge is 0.494 e. The summed E-state index contributed by atoms with van der Waals surface area (Å²) < 4.78 is 15.0. The molecule has 2 aromatic heterocycles. The molecule has 10 nitrogen and oxygen atoms in total. The lowest BCUT2D eigenvalue weighted by atomic mass is 10.1. The Kier molecular flexibility index (Phi) is 6.59. The average Bonchev–Trinajstić information content (AvgIpc) is 3.48. The molecule has 0 atom stereocenters. The number of piperidine rings is 1. The molecule has 184 valence electrons. The van der Waals surface area contributed by atoms with Crippen LogP contribution < -0.4 is 20.5 Å². The zero-order valence-corrected chi connectivity index (χ0v) is 20.2. The van der Waals surface area contributed by atoms with Gasteiger partial charge in [-0.2, -0.15) is 4.98 Å². The monoisotopic (exact) mass is 477 g/mol. The third-order valence-corrected chi connectivity index (χ3v) is 7.00. The van der Waals surface area contributed by atoms with Crippen LogP contribution in [0, 0.1) is 6.57 Å². The number of ether oxygens (including phenoxy) is 2. The minimum atomic E-state index is -0.192. The molecule has 1 aliphatic heterocycles. The zero-order chi connectivity index (χ0) is 24.4. The number of nitrogens with one attached hydrogen (secondary N) is 1. The van der Waals surface area contributed by atoms with Crippen molar-refractivity contribution in [1.82, 2.24) is 24.0 Å². The Hall–Kier alpha value is -3.58. The molecular weight excluding hydrogens is 446 g/mol. The molecule has 3 aromatic rings. The van der Waals surface area contributed by atoms with Crippen LogP contribution in [-0.4, -0.2) is 57.4 Å². The maximum Gasteiger partial charge on any atom is 0.336 e. The summed E-state index contributed by atoms with van der Waals surface area (Å²) in [5.74, 6) is 1.76. The summed E-state index contributed by atoms with van der Waals surface area (Å²) in [6, 6.07) is 5.79. The molecule has 1 aliphatic carbocycles. The van der Waals surface area contributed by atoms with E-state index >= 15 is 0 Å². The van der Waals surface area contributed by atoms with Crippen LogP contribution in [0.5, 0.6) is 11.5 Å². The van der Waals surface area contributed by atoms with Gasteiger partial charge in [-0.15, -0.1) is 0 Å². The second-order valence-electron chi connectivity index (χ2n) is 9.33. The van der Waals surface area contributed by atoms with Gasteiger partial charge in [-0.25, -0.2) is 20.9 Å². The molecule has 5 rings (SSSR count). The first-order valence-electron chi connectivity index (χ1n) is 12.2. The first-order chi connectivity index (χ1) is 17.1. The lowest BCUT2D eigenvalue weighted by Crippen LogP contribution is -2.35. The van der Waals surface area contributed by atoms with Gasteiger partial charge in [0.15, 0.2) is 5.65 Å². The van der Waals surface area contributed by atoms with Crippen molar-refractivity contribution < 1.29 is 9.47 Å². The molecule has 10 heteroatoms. The summed E-state index contributed by atoms with van der Waals surface area (Å²) in [7, 11) is 3.75. The Bertz CT molecular complexity index is 1290. The average molecular weight is 478 g/mol. The number of hydrogen-bond donors (Lipinski definition) is 1. The van der Waals surface area contributed by atoms with Crippen LogP contribution in [0.15, 0.2) is 29.2 Å². The Morgan fingerprint density at radius 1 is 1.20 bits per heavy atom. The van der Waals surface area contributed by atoms with E-state index in [1.807, 2.05) is 18.2 Å². The molecule has 0 spiro atoms. The molecule has 1 saturated heterocycles. The molecule has 0 unspecified atom stereocenters. The highest BCUT2D eigenvalue weighted by atomic mass is 16.5. The van der Waals surface area contributed by atoms with Crippen LogP contribution in [0.4, 0.5) is 11.6 Å². The summed E-state index contributed by atoms with van der Waals surface area (Å²) in [6.45, 7) is 9.27. The summed E-state index contributed by atoms with van der Waals surface area (Å²) in [4.78, 5) is 28.0. The van der Waals surface area contributed by atoms with Gasteiger partial charge in [-0.05, 0) is 44.9 Å². The van der Waals surface area contributed by atoms with E-state index < -0.39 is 0 Å². The third-order valence-electron chi connectivity index (χ3n) is 7.00. The Balaban J connectivity index is 1.42. The van der Waals surface area contributed by atoms with Gasteiger partial charge in [0, 0.05) is 25.2 Å². The lowest BCUT2D eigenvalue weighted by molar-refractivity contribution is 0.114. The number of nitrogens with zero attached hydrogens (tertiary/aromatic N) is 6. The fourth-order valence-corrected chi connectivity index (χ4v) is 5.08. The van der Waals surface area contributed by atoms with Crippen LogP contribution >= 0.6 is 0 Å². The lowest BCUT2D eigenvalue weighted by Gasteiger charge is -2.29. The number of hydrogen-bond acceptors (Lipinski definition) is 7. The molecule has 0 amide bonds. The quantitative estimate of drug-likeness (QED) is 0.518. The van der Waals surface area contributed by atoms with Gasteiger partial charge in [0.25, 0.3) is 6.67 Å². The van der Waals surface area contributed by atoms with Gasteiger partial charge >= 0.3 is 5.69 Å². The van der Waals surface area contributed by atoms with Gasteiger partial charge < -0.3 is 19.7 Å². The number of benzene rings is 1. The van der Waals surface area contributed by atoms with Crippen LogP contribution in [0.3, 0.4) is 0 Å². The molecule has 1 saturated carbocycles. The topological polar surface area (TPSA) is 90.8 Å². The van der Waals surface area contributed by atoms with Crippen molar-refractivity contribution in [2.24, 2.45) is 0 Å². The summed E-state index contributed by atoms with van der Waals surface area (Å²) in [5.41, 5.74) is 1.65. The van der Waals surface area contributed by atoms with Crippen LogP contribution in [0.2, 0.25) is 0 Å². The van der Waals surface area contributed by atoms with E-state index in [4.69, 9.17) is 21.0 Å². The third kappa shape index (κ3) is 4.68. The van der Waals surface area contributed by atoms with Gasteiger partial charge in [0.2, 0.25) is 5.95 Å². The number of likely N-dealkylation sites (tertiary alicyclic amines) is 1. The van der Waals surface area contributed by atoms with Gasteiger partial charge in [0.1, 0.15) is 23.1 Å². The van der Waals surface area contributed by atoms with Crippen LogP contribution in [-0.2, 0) is 6.67 Å². The molecule has 2 aliphatic rings. The van der Waals surface area contributed by atoms with Crippen molar-refractivity contribution in [3.05, 3.63) is 46.3 Å². The molecule has 1 N–H and O–H groups in total. The van der Waals surface area contributed by atoms with Crippen molar-refractivity contribution in [1.29, 1.82) is 0 Å². The van der Waals surface area contributed by atoms with E-state index in [1.165, 1.54) is 4.57 Å². The Labute approximate surface area is 204 Å². The number of methoxy groups -OCH3 is 1. The molecule has 3 heterocycles. The highest BCUT2D eigenvalue weighted by molar-refractivity contribution is 5.74. The first-order valence-corrected chi connectivity index (χ1v) is 12.2. The number of anilines is 2. The van der Waals surface area contributed by atoms with Crippen molar-refractivity contribution in [3.8, 4) is 11.5 Å². The summed E-state index contributed by atoms with van der Waals surface area (Å²) >= 11 is 0. The maximum absolute atomic E-state index is 13.1. The molecule has 2 fully saturated rings. The number of fused-ring (bicyclic) bond motifs is 1. The van der Waals surface area contributed by atoms with Crippen LogP contribution in [0.25, 0.3) is 16.0 Å². The van der Waals surface area contributed by atoms with E-state index in [1.54, 1.807) is 17.9 Å². The van der Waals surface area contributed by atoms with Crippen molar-refractivity contribution >= 4 is 22.8 Å². The van der Waals surface area contributed by atoms with E-state index in [2.05, 4.69) is 27.1 Å². The minimum absolute atomic E-state index is 0.0439. The SMILES string of the molecule is [C-]#[N+]Cn1c(=O)n(C2CCCC2)c2nc(Nc3ccc(OC4CCN(C)CC4)cc3OC)ncc21. The second kappa shape index (κ2) is 9.96. The van der Waals surface area contributed by atoms with Crippen molar-refractivity contribution in [2.45, 2.75) is 57.3 Å². The summed E-state index contributed by atoms with van der Waals surface area (Å²) in [6.07, 6.45) is 7.88. The van der Waals surface area contributed by atoms with E-state index in [9.17, 15) is 4.79 Å². The molecule has 0 bridgehead atoms. The highest BCUT2D eigenvalue weighted by Crippen LogP contribution is 2.33. The highest BCUT2D eigenvalue weighted by Gasteiger charge is 2.26. The van der Waals surface area contributed by atoms with Crippen molar-refractivity contribution in [2.75, 3.05) is 32.6 Å². The van der Waals surface area contributed by atoms with E-state index in [-0.39, 0.29) is 24.5 Å². The second-order valence-corrected chi connectivity index (χ2v) is 9.33. The fraction of sp³-hybridized carbons (Fsp3) is 0.520. The predicted molar refractivity (Wildman–Crippen MR) is 133 cm³/mol. The predicted octanol–water partition coefficient (Wildman–Crippen LogP) is 3.81. The fourth-order valence-electron chi connectivity index (χ4n) is 5.08. The number of aromatic nitrogens is 4. The number of imidazole rings is 1. The van der Waals surface area contributed by atoms with E-state index in [0.717, 1.165) is 57.4 Å². The Morgan fingerprint density at radius 3 is 2.69 bits per heavy atom. The smallest absolute Gasteiger partial charge is 0.336 e. The van der Waals surface area contributed by atoms with Gasteiger partial charge in [0.05, 0.1) is 19.0 Å². The standard InChI is InChI=1S/C25H31N7O3/c1-26-16-31-21-15-27-24(29-23(21)32(25(31)33)17-6-4-5-7-17)28-20-9-8-19(14-22(20)34-3)35-18-10-12-30(2)13-11-18/h8-9,14-15,17-18H,4-7,10-13,16H2,2-3H3,(H,27,28,29). The maximum atomic E-state index is 13.1. The molecule has 0 radical (unpaired) electrons. The van der Waals surface area contributed by atoms with Crippen molar-refractivity contribution in [3.63, 3.8) is 0 Å². The molecule has 1 aromatic carbocycles. The van der Waals surface area contributed by atoms with Gasteiger partial charge in [-0.3, -0.25) is 9.41 Å². The normalized spacial score (nSPS) is 17.5. The first kappa shape index (κ1) is 23.2. The summed E-state index contributed by atoms with van der Waals surface area (Å²) in [5, 5.41) is 3.24. The van der Waals surface area contributed by atoms with E-state index in [0.29, 0.717) is 28.5 Å². The minimum Gasteiger partial charge on any atom is -0.494 e. The Morgan fingerprint density at radius 2 is 1.97 bits per heavy atom.